The van der Waals surface area contributed by atoms with E-state index in [0.29, 0.717) is 15.1 Å². The maximum atomic E-state index is 12.1. The van der Waals surface area contributed by atoms with Gasteiger partial charge in [0.25, 0.3) is 5.91 Å². The molecule has 1 N–H and O–H groups in total. The van der Waals surface area contributed by atoms with Crippen LogP contribution in [0.15, 0.2) is 22.7 Å². The van der Waals surface area contributed by atoms with Crippen LogP contribution >= 0.6 is 27.5 Å². The number of nitrogens with one attached hydrogen (secondary N) is 1. The van der Waals surface area contributed by atoms with Gasteiger partial charge in [-0.25, -0.2) is 0 Å². The summed E-state index contributed by atoms with van der Waals surface area (Å²) in [6.45, 7) is -0.261. The van der Waals surface area contributed by atoms with Crippen LogP contribution in [-0.2, 0) is 9.59 Å². The van der Waals surface area contributed by atoms with Crippen molar-refractivity contribution in [1.82, 2.24) is 10.2 Å². The predicted molar refractivity (Wildman–Crippen MR) is 68.2 cm³/mol. The average Bonchev–Trinajstić information content (AvgIpc) is 2.25. The van der Waals surface area contributed by atoms with Crippen molar-refractivity contribution in [1.29, 1.82) is 0 Å². The maximum Gasteiger partial charge on any atom is 0.254 e. The fourth-order valence-electron chi connectivity index (χ4n) is 1.64. The van der Waals surface area contributed by atoms with Crippen molar-refractivity contribution in [2.24, 2.45) is 0 Å². The van der Waals surface area contributed by atoms with Gasteiger partial charge in [-0.05, 0) is 18.2 Å². The van der Waals surface area contributed by atoms with Gasteiger partial charge in [-0.1, -0.05) is 27.5 Å². The predicted octanol–water partition coefficient (Wildman–Crippen LogP) is 1.20. The number of piperazine rings is 1. The molecule has 0 aromatic heterocycles. The van der Waals surface area contributed by atoms with E-state index >= 15 is 0 Å². The highest BCUT2D eigenvalue weighted by Gasteiger charge is 2.27. The smallest absolute Gasteiger partial charge is 0.254 e. The number of carbonyl (C=O) groups excluding carboxylic acids is 3. The Hall–Kier alpha value is -1.40. The third kappa shape index (κ3) is 2.88. The molecule has 0 bridgehead atoms. The van der Waals surface area contributed by atoms with E-state index in [0.717, 1.165) is 0 Å². The van der Waals surface area contributed by atoms with Gasteiger partial charge in [0.1, 0.15) is 13.1 Å². The molecule has 7 heteroatoms. The zero-order valence-electron chi connectivity index (χ0n) is 9.07. The highest BCUT2D eigenvalue weighted by Crippen LogP contribution is 2.20. The van der Waals surface area contributed by atoms with E-state index in [9.17, 15) is 14.4 Å². The molecule has 0 spiro atoms. The monoisotopic (exact) mass is 330 g/mol. The first-order chi connectivity index (χ1) is 8.45. The number of carbonyl (C=O) groups is 3. The van der Waals surface area contributed by atoms with Gasteiger partial charge in [0, 0.05) is 15.1 Å². The minimum Gasteiger partial charge on any atom is -0.320 e. The fourth-order valence-corrected chi connectivity index (χ4v) is 2.50. The Morgan fingerprint density at radius 3 is 2.39 bits per heavy atom. The van der Waals surface area contributed by atoms with Crippen molar-refractivity contribution < 1.29 is 14.4 Å². The van der Waals surface area contributed by atoms with Crippen molar-refractivity contribution in [2.75, 3.05) is 13.1 Å². The first kappa shape index (κ1) is 13.0. The summed E-state index contributed by atoms with van der Waals surface area (Å²) in [7, 11) is 0. The minimum absolute atomic E-state index is 0.130. The lowest BCUT2D eigenvalue weighted by molar-refractivity contribution is -0.135. The third-order valence-corrected chi connectivity index (χ3v) is 3.02. The molecule has 1 aliphatic rings. The van der Waals surface area contributed by atoms with Crippen LogP contribution in [0.5, 0.6) is 0 Å². The summed E-state index contributed by atoms with van der Waals surface area (Å²) in [5.41, 5.74) is 0.330. The zero-order chi connectivity index (χ0) is 13.3. The lowest BCUT2D eigenvalue weighted by Gasteiger charge is -2.25. The molecule has 3 amide bonds. The van der Waals surface area contributed by atoms with Crippen LogP contribution in [0.25, 0.3) is 0 Å². The van der Waals surface area contributed by atoms with Gasteiger partial charge < -0.3 is 4.90 Å². The summed E-state index contributed by atoms with van der Waals surface area (Å²) in [4.78, 5) is 35.7. The lowest BCUT2D eigenvalue weighted by atomic mass is 10.2. The Bertz CT molecular complexity index is 511. The van der Waals surface area contributed by atoms with Gasteiger partial charge in [0.05, 0.1) is 0 Å². The SMILES string of the molecule is O=C1CN(C(=O)c2cc(Cl)cc(Br)c2)CC(=O)N1. The molecular formula is C11H8BrClN2O3. The van der Waals surface area contributed by atoms with Crippen molar-refractivity contribution in [3.05, 3.63) is 33.3 Å². The van der Waals surface area contributed by atoms with Crippen molar-refractivity contribution in [2.45, 2.75) is 0 Å². The number of benzene rings is 1. The van der Waals surface area contributed by atoms with E-state index in [4.69, 9.17) is 11.6 Å². The molecule has 1 aliphatic heterocycles. The van der Waals surface area contributed by atoms with Crippen LogP contribution in [0.2, 0.25) is 5.02 Å². The molecule has 0 saturated carbocycles. The van der Waals surface area contributed by atoms with Gasteiger partial charge in [0.2, 0.25) is 11.8 Å². The van der Waals surface area contributed by atoms with Crippen molar-refractivity contribution >= 4 is 45.3 Å². The number of rotatable bonds is 1. The van der Waals surface area contributed by atoms with E-state index in [1.165, 1.54) is 11.0 Å². The standard InChI is InChI=1S/C11H8BrClN2O3/c12-7-1-6(2-8(13)3-7)11(18)15-4-9(16)14-10(17)5-15/h1-3H,4-5H2,(H,14,16,17). The van der Waals surface area contributed by atoms with Gasteiger partial charge in [-0.3, -0.25) is 19.7 Å². The van der Waals surface area contributed by atoms with Gasteiger partial charge in [-0.2, -0.15) is 0 Å². The number of nitrogens with zero attached hydrogens (tertiary/aromatic N) is 1. The largest absolute Gasteiger partial charge is 0.320 e. The van der Waals surface area contributed by atoms with E-state index in [-0.39, 0.29) is 13.1 Å². The quantitative estimate of drug-likeness (QED) is 0.786. The molecular weight excluding hydrogens is 323 g/mol. The second-order valence-corrected chi connectivity index (χ2v) is 5.14. The molecule has 0 aliphatic carbocycles. The first-order valence-electron chi connectivity index (χ1n) is 5.04. The Balaban J connectivity index is 2.25. The number of hydrogen-bond donors (Lipinski definition) is 1. The summed E-state index contributed by atoms with van der Waals surface area (Å²) in [6, 6.07) is 4.73. The van der Waals surface area contributed by atoms with Gasteiger partial charge >= 0.3 is 0 Å². The second-order valence-electron chi connectivity index (χ2n) is 3.79. The molecule has 0 unspecified atom stereocenters. The topological polar surface area (TPSA) is 66.5 Å². The molecule has 1 aromatic rings. The molecule has 1 heterocycles. The Morgan fingerprint density at radius 1 is 1.22 bits per heavy atom. The van der Waals surface area contributed by atoms with E-state index in [1.807, 2.05) is 0 Å². The number of amides is 3. The molecule has 1 saturated heterocycles. The number of imide groups is 1. The Morgan fingerprint density at radius 2 is 1.83 bits per heavy atom. The summed E-state index contributed by atoms with van der Waals surface area (Å²) < 4.78 is 0.658. The molecule has 0 radical (unpaired) electrons. The van der Waals surface area contributed by atoms with Crippen LogP contribution in [0.1, 0.15) is 10.4 Å². The molecule has 1 fully saturated rings. The lowest BCUT2D eigenvalue weighted by Crippen LogP contribution is -2.53. The van der Waals surface area contributed by atoms with Crippen LogP contribution in [0.3, 0.4) is 0 Å². The van der Waals surface area contributed by atoms with Crippen molar-refractivity contribution in [3.63, 3.8) is 0 Å². The maximum absolute atomic E-state index is 12.1. The second kappa shape index (κ2) is 5.07. The highest BCUT2D eigenvalue weighted by molar-refractivity contribution is 9.10. The summed E-state index contributed by atoms with van der Waals surface area (Å²) >= 11 is 9.07. The van der Waals surface area contributed by atoms with Crippen LogP contribution in [-0.4, -0.2) is 35.7 Å². The normalized spacial score (nSPS) is 15.6. The van der Waals surface area contributed by atoms with Crippen molar-refractivity contribution in [3.8, 4) is 0 Å². The van der Waals surface area contributed by atoms with Gasteiger partial charge in [-0.15, -0.1) is 0 Å². The molecule has 0 atom stereocenters. The summed E-state index contributed by atoms with van der Waals surface area (Å²) in [6.07, 6.45) is 0. The first-order valence-corrected chi connectivity index (χ1v) is 6.21. The highest BCUT2D eigenvalue weighted by atomic mass is 79.9. The molecule has 2 rings (SSSR count). The van der Waals surface area contributed by atoms with E-state index in [2.05, 4.69) is 21.2 Å². The van der Waals surface area contributed by atoms with Crippen LogP contribution < -0.4 is 5.32 Å². The molecule has 94 valence electrons. The number of hydrogen-bond acceptors (Lipinski definition) is 3. The zero-order valence-corrected chi connectivity index (χ0v) is 11.4. The van der Waals surface area contributed by atoms with E-state index < -0.39 is 17.7 Å². The number of halogens is 2. The third-order valence-electron chi connectivity index (χ3n) is 2.34. The molecule has 18 heavy (non-hydrogen) atoms. The Labute approximate surface area is 116 Å². The van der Waals surface area contributed by atoms with Crippen LogP contribution in [0, 0.1) is 0 Å². The van der Waals surface area contributed by atoms with E-state index in [1.54, 1.807) is 12.1 Å². The molecule has 1 aromatic carbocycles. The summed E-state index contributed by atoms with van der Waals surface area (Å²) in [5.74, 6) is -1.37. The average molecular weight is 332 g/mol. The fraction of sp³-hybridized carbons (Fsp3) is 0.182. The molecule has 5 nitrogen and oxygen atoms in total. The Kier molecular flexibility index (Phi) is 3.68. The van der Waals surface area contributed by atoms with Crippen LogP contribution in [0.4, 0.5) is 0 Å². The summed E-state index contributed by atoms with van der Waals surface area (Å²) in [5, 5.41) is 2.53. The minimum atomic E-state index is -0.485. The van der Waals surface area contributed by atoms with Gasteiger partial charge in [0.15, 0.2) is 0 Å².